The Morgan fingerprint density at radius 1 is 0.614 bits per heavy atom. The zero-order valence-electron chi connectivity index (χ0n) is 25.8. The summed E-state index contributed by atoms with van der Waals surface area (Å²) in [7, 11) is 0. The number of benzene rings is 5. The number of hydrogen-bond donors (Lipinski definition) is 1. The molecule has 0 spiro atoms. The molecular formula is C42H36N2. The third-order valence-electron chi connectivity index (χ3n) is 10.9. The molecule has 3 aliphatic rings. The van der Waals surface area contributed by atoms with Crippen LogP contribution in [0, 0.1) is 0 Å². The Morgan fingerprint density at radius 3 is 1.95 bits per heavy atom. The number of nitrogens with one attached hydrogen (secondary N) is 1. The van der Waals surface area contributed by atoms with Gasteiger partial charge >= 0.3 is 0 Å². The fourth-order valence-corrected chi connectivity index (χ4v) is 8.36. The van der Waals surface area contributed by atoms with Crippen molar-refractivity contribution in [3.63, 3.8) is 0 Å². The molecular weight excluding hydrogens is 532 g/mol. The Morgan fingerprint density at radius 2 is 1.23 bits per heavy atom. The lowest BCUT2D eigenvalue weighted by atomic mass is 9.81. The van der Waals surface area contributed by atoms with E-state index in [0.717, 1.165) is 24.1 Å². The van der Waals surface area contributed by atoms with E-state index in [1.165, 1.54) is 72.3 Å². The number of pyridine rings is 1. The standard InChI is InChI=1S/C42H36N2/c1-41(2)33-11-7-5-9-29(33)31-19-15-27(23-35(31)41)37-21-17-25-13-14-26-18-22-38(44-40(26)39(25)43-37)28-16-20-32-30-10-6-8-12-34(30)42(3,4)36(32)24-28/h5-17,19-21,23-24,38,44H,18,22H2,1-4H3. The van der Waals surface area contributed by atoms with Gasteiger partial charge in [0.1, 0.15) is 0 Å². The zero-order chi connectivity index (χ0) is 29.8. The van der Waals surface area contributed by atoms with Gasteiger partial charge in [-0.1, -0.05) is 125 Å². The third-order valence-corrected chi connectivity index (χ3v) is 10.9. The highest BCUT2D eigenvalue weighted by Crippen LogP contribution is 2.51. The highest BCUT2D eigenvalue weighted by atomic mass is 15.0. The van der Waals surface area contributed by atoms with Crippen LogP contribution in [0.15, 0.2) is 109 Å². The minimum atomic E-state index is -0.0292. The molecule has 5 aromatic carbocycles. The lowest BCUT2D eigenvalue weighted by Gasteiger charge is -2.30. The molecule has 0 saturated heterocycles. The van der Waals surface area contributed by atoms with Gasteiger partial charge < -0.3 is 5.32 Å². The van der Waals surface area contributed by atoms with Crippen molar-refractivity contribution in [1.29, 1.82) is 0 Å². The van der Waals surface area contributed by atoms with Gasteiger partial charge in [0.15, 0.2) is 0 Å². The van der Waals surface area contributed by atoms with E-state index in [1.54, 1.807) is 0 Å². The smallest absolute Gasteiger partial charge is 0.0943 e. The number of aromatic nitrogens is 1. The number of fused-ring (bicyclic) bond motifs is 9. The van der Waals surface area contributed by atoms with Gasteiger partial charge in [-0.15, -0.1) is 0 Å². The predicted octanol–water partition coefficient (Wildman–Crippen LogP) is 10.6. The quantitative estimate of drug-likeness (QED) is 0.225. The average molecular weight is 569 g/mol. The second-order valence-corrected chi connectivity index (χ2v) is 14.0. The molecule has 9 rings (SSSR count). The monoisotopic (exact) mass is 568 g/mol. The molecule has 2 aliphatic carbocycles. The van der Waals surface area contributed by atoms with E-state index in [2.05, 4.69) is 142 Å². The van der Waals surface area contributed by atoms with Crippen molar-refractivity contribution >= 4 is 16.6 Å². The van der Waals surface area contributed by atoms with Gasteiger partial charge in [-0.2, -0.15) is 0 Å². The number of rotatable bonds is 2. The van der Waals surface area contributed by atoms with Crippen molar-refractivity contribution < 1.29 is 0 Å². The Balaban J connectivity index is 1.10. The predicted molar refractivity (Wildman–Crippen MR) is 183 cm³/mol. The molecule has 1 aliphatic heterocycles. The molecule has 0 amide bonds. The first kappa shape index (κ1) is 25.8. The Labute approximate surface area is 259 Å². The molecule has 2 heteroatoms. The van der Waals surface area contributed by atoms with Gasteiger partial charge in [0.05, 0.1) is 22.9 Å². The molecule has 0 radical (unpaired) electrons. The van der Waals surface area contributed by atoms with Gasteiger partial charge in [-0.3, -0.25) is 0 Å². The van der Waals surface area contributed by atoms with E-state index in [0.29, 0.717) is 0 Å². The van der Waals surface area contributed by atoms with Crippen LogP contribution < -0.4 is 5.32 Å². The molecule has 1 unspecified atom stereocenters. The molecule has 6 aromatic rings. The van der Waals surface area contributed by atoms with Gasteiger partial charge in [0.2, 0.25) is 0 Å². The van der Waals surface area contributed by atoms with E-state index in [-0.39, 0.29) is 16.9 Å². The topological polar surface area (TPSA) is 24.9 Å². The van der Waals surface area contributed by atoms with Crippen LogP contribution in [0.3, 0.4) is 0 Å². The number of nitrogens with zero attached hydrogens (tertiary/aromatic N) is 1. The third kappa shape index (κ3) is 3.51. The van der Waals surface area contributed by atoms with Crippen LogP contribution in [0.2, 0.25) is 0 Å². The lowest BCUT2D eigenvalue weighted by molar-refractivity contribution is 0.646. The SMILES string of the molecule is CC1(C)c2ccccc2-c2ccc(-c3ccc4ccc5c(c4n3)NC(c3ccc4c(c3)C(C)(C)c3ccccc3-4)CC5)cc21. The Kier molecular flexibility index (Phi) is 5.23. The summed E-state index contributed by atoms with van der Waals surface area (Å²) in [5, 5.41) is 5.16. The molecule has 0 bridgehead atoms. The minimum absolute atomic E-state index is 0.00343. The van der Waals surface area contributed by atoms with Crippen LogP contribution in [0.25, 0.3) is 44.4 Å². The maximum absolute atomic E-state index is 5.35. The summed E-state index contributed by atoms with van der Waals surface area (Å²) in [6.45, 7) is 9.41. The van der Waals surface area contributed by atoms with Crippen LogP contribution >= 0.6 is 0 Å². The fourth-order valence-electron chi connectivity index (χ4n) is 8.36. The second kappa shape index (κ2) is 8.92. The van der Waals surface area contributed by atoms with Gasteiger partial charge in [-0.25, -0.2) is 4.98 Å². The molecule has 0 saturated carbocycles. The van der Waals surface area contributed by atoms with Crippen molar-refractivity contribution in [2.45, 2.75) is 57.4 Å². The summed E-state index contributed by atoms with van der Waals surface area (Å²) < 4.78 is 0. The number of hydrogen-bond acceptors (Lipinski definition) is 2. The second-order valence-electron chi connectivity index (χ2n) is 14.0. The van der Waals surface area contributed by atoms with E-state index in [1.807, 2.05) is 0 Å². The summed E-state index contributed by atoms with van der Waals surface area (Å²) in [4.78, 5) is 5.35. The zero-order valence-corrected chi connectivity index (χ0v) is 25.8. The highest BCUT2D eigenvalue weighted by molar-refractivity contribution is 5.95. The average Bonchev–Trinajstić information content (AvgIpc) is 3.43. The molecule has 2 nitrogen and oxygen atoms in total. The van der Waals surface area contributed by atoms with Crippen molar-refractivity contribution in [2.75, 3.05) is 5.32 Å². The normalized spacial score (nSPS) is 18.1. The van der Waals surface area contributed by atoms with Crippen molar-refractivity contribution in [2.24, 2.45) is 0 Å². The molecule has 1 N–H and O–H groups in total. The van der Waals surface area contributed by atoms with Gasteiger partial charge in [0.25, 0.3) is 0 Å². The van der Waals surface area contributed by atoms with Crippen LogP contribution in [-0.2, 0) is 17.3 Å². The lowest BCUT2D eigenvalue weighted by Crippen LogP contribution is -2.20. The van der Waals surface area contributed by atoms with Crippen LogP contribution in [0.5, 0.6) is 0 Å². The summed E-state index contributed by atoms with van der Waals surface area (Å²) in [6, 6.07) is 41.0. The first-order valence-corrected chi connectivity index (χ1v) is 16.0. The molecule has 1 atom stereocenters. The largest absolute Gasteiger partial charge is 0.376 e. The van der Waals surface area contributed by atoms with E-state index in [9.17, 15) is 0 Å². The number of aryl methyl sites for hydroxylation is 1. The summed E-state index contributed by atoms with van der Waals surface area (Å²) in [5.41, 5.74) is 18.3. The van der Waals surface area contributed by atoms with Crippen molar-refractivity contribution in [1.82, 2.24) is 4.98 Å². The fraction of sp³-hybridized carbons (Fsp3) is 0.214. The maximum Gasteiger partial charge on any atom is 0.0943 e. The van der Waals surface area contributed by atoms with Crippen molar-refractivity contribution in [3.05, 3.63) is 143 Å². The van der Waals surface area contributed by atoms with Crippen LogP contribution in [0.4, 0.5) is 5.69 Å². The van der Waals surface area contributed by atoms with E-state index in [4.69, 9.17) is 4.98 Å². The summed E-state index contributed by atoms with van der Waals surface area (Å²) in [6.07, 6.45) is 2.12. The van der Waals surface area contributed by atoms with Crippen LogP contribution in [-0.4, -0.2) is 4.98 Å². The van der Waals surface area contributed by atoms with Crippen molar-refractivity contribution in [3.8, 4) is 33.5 Å². The Bertz CT molecular complexity index is 2170. The first-order chi connectivity index (χ1) is 21.3. The Hall–Kier alpha value is -4.69. The van der Waals surface area contributed by atoms with E-state index >= 15 is 0 Å². The minimum Gasteiger partial charge on any atom is -0.376 e. The van der Waals surface area contributed by atoms with Crippen LogP contribution in [0.1, 0.15) is 73.5 Å². The molecule has 1 aromatic heterocycles. The van der Waals surface area contributed by atoms with Gasteiger partial charge in [0, 0.05) is 21.8 Å². The summed E-state index contributed by atoms with van der Waals surface area (Å²) >= 11 is 0. The van der Waals surface area contributed by atoms with Gasteiger partial charge in [-0.05, 0) is 80.6 Å². The highest BCUT2D eigenvalue weighted by Gasteiger charge is 2.37. The molecule has 2 heterocycles. The molecule has 214 valence electrons. The first-order valence-electron chi connectivity index (χ1n) is 16.0. The number of anilines is 1. The van der Waals surface area contributed by atoms with E-state index < -0.39 is 0 Å². The summed E-state index contributed by atoms with van der Waals surface area (Å²) in [5.74, 6) is 0. The molecule has 44 heavy (non-hydrogen) atoms. The maximum atomic E-state index is 5.35. The molecule has 0 fully saturated rings.